The van der Waals surface area contributed by atoms with Crippen LogP contribution in [0.2, 0.25) is 0 Å². The number of carbonyl (C=O) groups excluding carboxylic acids is 2. The Morgan fingerprint density at radius 1 is 1.02 bits per heavy atom. The van der Waals surface area contributed by atoms with Gasteiger partial charge in [-0.05, 0) is 41.9 Å². The van der Waals surface area contributed by atoms with Gasteiger partial charge in [-0.25, -0.2) is 0 Å². The van der Waals surface area contributed by atoms with Gasteiger partial charge in [-0.15, -0.1) is 0 Å². The predicted octanol–water partition coefficient (Wildman–Crippen LogP) is 3.19. The maximum atomic E-state index is 13.8. The average molecular weight is 560 g/mol. The quantitative estimate of drug-likeness (QED) is 0.567. The molecule has 216 valence electrons. The van der Waals surface area contributed by atoms with Gasteiger partial charge in [0.05, 0.1) is 36.4 Å². The molecule has 11 heteroatoms. The highest BCUT2D eigenvalue weighted by molar-refractivity contribution is 5.98. The first-order valence-electron chi connectivity index (χ1n) is 13.8. The maximum Gasteiger partial charge on any atom is 0.393 e. The lowest BCUT2D eigenvalue weighted by molar-refractivity contribution is -0.197. The monoisotopic (exact) mass is 559 g/mol. The Bertz CT molecular complexity index is 1210. The van der Waals surface area contributed by atoms with E-state index < -0.39 is 36.2 Å². The lowest BCUT2D eigenvalue weighted by Gasteiger charge is -2.36. The van der Waals surface area contributed by atoms with Gasteiger partial charge in [0.2, 0.25) is 11.8 Å². The first-order chi connectivity index (χ1) is 19.2. The van der Waals surface area contributed by atoms with Crippen LogP contribution < -0.4 is 15.5 Å². The van der Waals surface area contributed by atoms with Gasteiger partial charge in [-0.2, -0.15) is 13.2 Å². The van der Waals surface area contributed by atoms with Gasteiger partial charge in [0.1, 0.15) is 0 Å². The molecular formula is C29H36F3N5O3. The molecule has 3 saturated heterocycles. The van der Waals surface area contributed by atoms with Crippen LogP contribution in [-0.4, -0.2) is 93.9 Å². The van der Waals surface area contributed by atoms with E-state index in [9.17, 15) is 22.8 Å². The van der Waals surface area contributed by atoms with Gasteiger partial charge in [-0.1, -0.05) is 24.3 Å². The average Bonchev–Trinajstić information content (AvgIpc) is 2.94. The van der Waals surface area contributed by atoms with E-state index in [0.29, 0.717) is 5.69 Å². The summed E-state index contributed by atoms with van der Waals surface area (Å²) in [4.78, 5) is 31.8. The summed E-state index contributed by atoms with van der Waals surface area (Å²) in [6.45, 7) is 6.78. The third-order valence-corrected chi connectivity index (χ3v) is 8.04. The van der Waals surface area contributed by atoms with Crippen molar-refractivity contribution < 1.29 is 27.5 Å². The Kier molecular flexibility index (Phi) is 8.62. The second kappa shape index (κ2) is 12.2. The number of rotatable bonds is 6. The molecule has 8 nitrogen and oxygen atoms in total. The van der Waals surface area contributed by atoms with Crippen molar-refractivity contribution in [2.75, 3.05) is 76.3 Å². The molecule has 40 heavy (non-hydrogen) atoms. The number of alkyl halides is 3. The van der Waals surface area contributed by atoms with Gasteiger partial charge in [0.25, 0.3) is 0 Å². The second-order valence-electron chi connectivity index (χ2n) is 10.9. The van der Waals surface area contributed by atoms with E-state index in [1.807, 2.05) is 37.4 Å². The molecule has 2 N–H and O–H groups in total. The number of piperidine rings is 1. The molecule has 0 radical (unpaired) electrons. The molecule has 2 aromatic rings. The van der Waals surface area contributed by atoms with Crippen molar-refractivity contribution in [3.63, 3.8) is 0 Å². The van der Waals surface area contributed by atoms with E-state index in [4.69, 9.17) is 4.74 Å². The zero-order valence-corrected chi connectivity index (χ0v) is 22.7. The fourth-order valence-electron chi connectivity index (χ4n) is 5.63. The lowest BCUT2D eigenvalue weighted by Crippen LogP contribution is -2.50. The number of anilines is 2. The largest absolute Gasteiger partial charge is 0.393 e. The number of hydrogen-bond acceptors (Lipinski definition) is 6. The SMILES string of the molecule is CN1CCN(c2ccc(-c3cccc(CN4CCOCC4)c3)cc2NC(=O)C2CNC(=O)CC2C(F)(F)F)CC1. The Balaban J connectivity index is 1.43. The predicted molar refractivity (Wildman–Crippen MR) is 147 cm³/mol. The van der Waals surface area contributed by atoms with Crippen molar-refractivity contribution in [3.8, 4) is 11.1 Å². The van der Waals surface area contributed by atoms with Crippen molar-refractivity contribution in [1.29, 1.82) is 0 Å². The Morgan fingerprint density at radius 3 is 2.48 bits per heavy atom. The molecule has 0 aromatic heterocycles. The van der Waals surface area contributed by atoms with Crippen LogP contribution in [0.5, 0.6) is 0 Å². The second-order valence-corrected chi connectivity index (χ2v) is 10.9. The fourth-order valence-corrected chi connectivity index (χ4v) is 5.63. The third-order valence-electron chi connectivity index (χ3n) is 8.04. The number of piperazine rings is 1. The summed E-state index contributed by atoms with van der Waals surface area (Å²) in [7, 11) is 2.04. The number of amides is 2. The van der Waals surface area contributed by atoms with E-state index in [1.165, 1.54) is 0 Å². The van der Waals surface area contributed by atoms with E-state index in [1.54, 1.807) is 0 Å². The number of benzene rings is 2. The minimum absolute atomic E-state index is 0.345. The molecule has 3 aliphatic rings. The molecule has 2 amide bonds. The van der Waals surface area contributed by atoms with Crippen LogP contribution in [0.3, 0.4) is 0 Å². The van der Waals surface area contributed by atoms with E-state index in [0.717, 1.165) is 81.4 Å². The minimum Gasteiger partial charge on any atom is -0.379 e. The van der Waals surface area contributed by atoms with Crippen LogP contribution in [-0.2, 0) is 20.9 Å². The van der Waals surface area contributed by atoms with Crippen LogP contribution in [0, 0.1) is 11.8 Å². The summed E-state index contributed by atoms with van der Waals surface area (Å²) in [6.07, 6.45) is -5.40. The van der Waals surface area contributed by atoms with E-state index >= 15 is 0 Å². The summed E-state index contributed by atoms with van der Waals surface area (Å²) in [5, 5.41) is 5.26. The number of ether oxygens (including phenoxy) is 1. The molecule has 2 unspecified atom stereocenters. The maximum absolute atomic E-state index is 13.8. The van der Waals surface area contributed by atoms with Gasteiger partial charge in [0, 0.05) is 58.8 Å². The first kappa shape index (κ1) is 28.4. The Morgan fingerprint density at radius 2 is 1.75 bits per heavy atom. The molecule has 0 aliphatic carbocycles. The highest BCUT2D eigenvalue weighted by Crippen LogP contribution is 2.38. The Labute approximate surface area is 232 Å². The number of morpholine rings is 1. The van der Waals surface area contributed by atoms with E-state index in [-0.39, 0.29) is 6.54 Å². The highest BCUT2D eigenvalue weighted by atomic mass is 19.4. The van der Waals surface area contributed by atoms with Crippen LogP contribution in [0.4, 0.5) is 24.5 Å². The molecule has 0 saturated carbocycles. The summed E-state index contributed by atoms with van der Waals surface area (Å²) in [5.74, 6) is -4.86. The van der Waals surface area contributed by atoms with Crippen LogP contribution >= 0.6 is 0 Å². The molecule has 0 bridgehead atoms. The number of halogens is 3. The van der Waals surface area contributed by atoms with Crippen molar-refractivity contribution in [2.45, 2.75) is 19.1 Å². The van der Waals surface area contributed by atoms with E-state index in [2.05, 4.69) is 37.5 Å². The van der Waals surface area contributed by atoms with Gasteiger partial charge in [-0.3, -0.25) is 14.5 Å². The fraction of sp³-hybridized carbons (Fsp3) is 0.517. The minimum atomic E-state index is -4.65. The molecule has 2 aromatic carbocycles. The summed E-state index contributed by atoms with van der Waals surface area (Å²) in [6, 6.07) is 14.0. The van der Waals surface area contributed by atoms with Crippen molar-refractivity contribution in [2.24, 2.45) is 11.8 Å². The number of carbonyl (C=O) groups is 2. The topological polar surface area (TPSA) is 77.2 Å². The third kappa shape index (κ3) is 6.76. The van der Waals surface area contributed by atoms with Crippen molar-refractivity contribution in [1.82, 2.24) is 15.1 Å². The number of nitrogens with one attached hydrogen (secondary N) is 2. The molecule has 3 aliphatic heterocycles. The van der Waals surface area contributed by atoms with Gasteiger partial charge < -0.3 is 25.2 Å². The number of hydrogen-bond donors (Lipinski definition) is 2. The number of likely N-dealkylation sites (N-methyl/N-ethyl adjacent to an activating group) is 1. The normalized spacial score (nSPS) is 23.1. The number of nitrogens with zero attached hydrogens (tertiary/aromatic N) is 3. The molecule has 3 fully saturated rings. The van der Waals surface area contributed by atoms with Crippen LogP contribution in [0.15, 0.2) is 42.5 Å². The lowest BCUT2D eigenvalue weighted by atomic mass is 9.84. The van der Waals surface area contributed by atoms with Crippen molar-refractivity contribution in [3.05, 3.63) is 48.0 Å². The summed E-state index contributed by atoms with van der Waals surface area (Å²) < 4.78 is 46.8. The van der Waals surface area contributed by atoms with Gasteiger partial charge in [0.15, 0.2) is 0 Å². The molecule has 0 spiro atoms. The molecule has 3 heterocycles. The summed E-state index contributed by atoms with van der Waals surface area (Å²) >= 11 is 0. The molecule has 5 rings (SSSR count). The highest BCUT2D eigenvalue weighted by Gasteiger charge is 2.50. The first-order valence-corrected chi connectivity index (χ1v) is 13.8. The molecular weight excluding hydrogens is 523 g/mol. The summed E-state index contributed by atoms with van der Waals surface area (Å²) in [5.41, 5.74) is 4.23. The zero-order chi connectivity index (χ0) is 28.3. The van der Waals surface area contributed by atoms with Crippen molar-refractivity contribution >= 4 is 23.2 Å². The molecule has 2 atom stereocenters. The van der Waals surface area contributed by atoms with Crippen LogP contribution in [0.25, 0.3) is 11.1 Å². The van der Waals surface area contributed by atoms with Crippen LogP contribution in [0.1, 0.15) is 12.0 Å². The zero-order valence-electron chi connectivity index (χ0n) is 22.7. The smallest absolute Gasteiger partial charge is 0.379 e. The van der Waals surface area contributed by atoms with Gasteiger partial charge >= 0.3 is 6.18 Å². The standard InChI is InChI=1S/C29H36F3N5O3/c1-35-7-9-37(10-8-35)26-6-5-22(21-4-2-3-20(15-21)19-36-11-13-40-14-12-36)16-25(26)34-28(39)23-18-33-27(38)17-24(23)29(30,31)32/h2-6,15-16,23-24H,7-14,17-19H2,1H3,(H,33,38)(H,34,39). The Hall–Kier alpha value is -3.15.